The standard InChI is InChI=1S/C48H41BrN2O5/c1-21(2)25-11-9-12-26(22(3)4)43(25)50-45(53)31-18-16-30-40-36(52)20-34-38-32(17-15-29(42(38)40)39-35(49)19-33(47(50)55)37(31)41(30)39)46(54)51(48(34)56)44-27(23(5)6)13-10-14-28(44)24(7)8/h9-24,52H,1-8H3. The molecule has 0 saturated carbocycles. The Balaban J connectivity index is 1.33. The van der Waals surface area contributed by atoms with E-state index in [1.165, 1.54) is 15.9 Å². The summed E-state index contributed by atoms with van der Waals surface area (Å²) in [6.07, 6.45) is 0. The van der Waals surface area contributed by atoms with Gasteiger partial charge in [-0.1, -0.05) is 120 Å². The predicted molar refractivity (Wildman–Crippen MR) is 229 cm³/mol. The van der Waals surface area contributed by atoms with Crippen LogP contribution in [0, 0.1) is 0 Å². The SMILES string of the molecule is CC(C)c1cccc(C(C)C)c1N1C(=O)c2ccc3c4c(Br)cc5c6c(ccc(c7c(O)cc(c2c37)C1=O)c64)C(=O)N(c1c(C(C)C)cccc1C(C)C)C5=O. The van der Waals surface area contributed by atoms with Crippen molar-refractivity contribution < 1.29 is 24.3 Å². The summed E-state index contributed by atoms with van der Waals surface area (Å²) in [6, 6.07) is 22.3. The molecule has 9 rings (SSSR count). The fourth-order valence-corrected chi connectivity index (χ4v) is 9.98. The lowest BCUT2D eigenvalue weighted by molar-refractivity contribution is 0.0877. The number of anilines is 2. The molecule has 2 aliphatic rings. The van der Waals surface area contributed by atoms with Crippen molar-refractivity contribution in [2.75, 3.05) is 9.80 Å². The molecule has 0 aromatic heterocycles. The molecule has 56 heavy (non-hydrogen) atoms. The quantitative estimate of drug-likeness (QED) is 0.103. The molecular formula is C48H41BrN2O5. The maximum Gasteiger partial charge on any atom is 0.266 e. The number of rotatable bonds is 6. The second-order valence-electron chi connectivity index (χ2n) is 16.5. The maximum atomic E-state index is 14.8. The zero-order valence-electron chi connectivity index (χ0n) is 32.6. The van der Waals surface area contributed by atoms with Crippen LogP contribution in [0.4, 0.5) is 11.4 Å². The highest BCUT2D eigenvalue weighted by atomic mass is 79.9. The smallest absolute Gasteiger partial charge is 0.266 e. The monoisotopic (exact) mass is 804 g/mol. The summed E-state index contributed by atoms with van der Waals surface area (Å²) in [5.41, 5.74) is 6.21. The van der Waals surface area contributed by atoms with Crippen molar-refractivity contribution in [1.29, 1.82) is 0 Å². The van der Waals surface area contributed by atoms with Crippen LogP contribution in [-0.2, 0) is 0 Å². The van der Waals surface area contributed by atoms with E-state index in [4.69, 9.17) is 0 Å². The van der Waals surface area contributed by atoms with Gasteiger partial charge in [-0.25, -0.2) is 9.80 Å². The van der Waals surface area contributed by atoms with E-state index < -0.39 is 23.6 Å². The van der Waals surface area contributed by atoms with Gasteiger partial charge >= 0.3 is 0 Å². The number of hydrogen-bond donors (Lipinski definition) is 1. The molecule has 2 aliphatic heterocycles. The van der Waals surface area contributed by atoms with E-state index in [0.29, 0.717) is 70.2 Å². The van der Waals surface area contributed by atoms with Crippen LogP contribution in [0.5, 0.6) is 5.75 Å². The normalized spacial score (nSPS) is 14.6. The molecule has 7 nitrogen and oxygen atoms in total. The second-order valence-corrected chi connectivity index (χ2v) is 17.4. The number of aromatic hydroxyl groups is 1. The third kappa shape index (κ3) is 4.68. The van der Waals surface area contributed by atoms with Crippen LogP contribution in [0.25, 0.3) is 43.1 Å². The van der Waals surface area contributed by atoms with Crippen LogP contribution < -0.4 is 9.80 Å². The average molecular weight is 806 g/mol. The van der Waals surface area contributed by atoms with Gasteiger partial charge in [-0.05, 0) is 81.0 Å². The van der Waals surface area contributed by atoms with Crippen molar-refractivity contribution >= 4 is 94.0 Å². The molecule has 0 unspecified atom stereocenters. The number of halogens is 1. The highest BCUT2D eigenvalue weighted by Gasteiger charge is 2.41. The Morgan fingerprint density at radius 3 is 1.21 bits per heavy atom. The van der Waals surface area contributed by atoms with Gasteiger partial charge in [-0.2, -0.15) is 0 Å². The number of hydrogen-bond acceptors (Lipinski definition) is 5. The van der Waals surface area contributed by atoms with E-state index in [-0.39, 0.29) is 35.0 Å². The Morgan fingerprint density at radius 1 is 0.446 bits per heavy atom. The van der Waals surface area contributed by atoms with Crippen molar-refractivity contribution in [3.05, 3.63) is 122 Å². The molecule has 0 atom stereocenters. The summed E-state index contributed by atoms with van der Waals surface area (Å²) in [6.45, 7) is 16.4. The van der Waals surface area contributed by atoms with Gasteiger partial charge in [0.1, 0.15) is 5.75 Å². The van der Waals surface area contributed by atoms with E-state index in [1.807, 2.05) is 76.2 Å². The predicted octanol–water partition coefficient (Wildman–Crippen LogP) is 12.3. The van der Waals surface area contributed by atoms with E-state index in [0.717, 1.165) is 27.6 Å². The number of amides is 4. The zero-order chi connectivity index (χ0) is 39.8. The largest absolute Gasteiger partial charge is 0.507 e. The molecule has 0 spiro atoms. The minimum atomic E-state index is -0.495. The Kier molecular flexibility index (Phi) is 8.02. The maximum absolute atomic E-state index is 14.8. The van der Waals surface area contributed by atoms with Crippen molar-refractivity contribution in [1.82, 2.24) is 0 Å². The first kappa shape index (κ1) is 36.1. The lowest BCUT2D eigenvalue weighted by atomic mass is 9.81. The minimum Gasteiger partial charge on any atom is -0.507 e. The first-order valence-corrected chi connectivity index (χ1v) is 20.1. The van der Waals surface area contributed by atoms with Crippen LogP contribution in [-0.4, -0.2) is 28.7 Å². The lowest BCUT2D eigenvalue weighted by Crippen LogP contribution is -2.42. The molecule has 4 amide bonds. The molecule has 280 valence electrons. The number of fused-ring (bicyclic) bond motifs is 2. The zero-order valence-corrected chi connectivity index (χ0v) is 34.2. The molecule has 0 fully saturated rings. The second kappa shape index (κ2) is 12.5. The number of imide groups is 2. The van der Waals surface area contributed by atoms with Gasteiger partial charge in [-0.15, -0.1) is 0 Å². The number of nitrogens with zero attached hydrogens (tertiary/aromatic N) is 2. The van der Waals surface area contributed by atoms with Gasteiger partial charge in [-0.3, -0.25) is 19.2 Å². The molecule has 2 heterocycles. The number of phenols is 1. The number of phenolic OH excluding ortho intramolecular Hbond substituents is 1. The van der Waals surface area contributed by atoms with Crippen LogP contribution in [0.15, 0.2) is 77.3 Å². The first-order chi connectivity index (χ1) is 26.6. The van der Waals surface area contributed by atoms with Crippen molar-refractivity contribution in [3.8, 4) is 5.75 Å². The first-order valence-electron chi connectivity index (χ1n) is 19.3. The Labute approximate surface area is 333 Å². The van der Waals surface area contributed by atoms with Gasteiger partial charge in [0, 0.05) is 47.9 Å². The van der Waals surface area contributed by atoms with Gasteiger partial charge in [0.05, 0.1) is 22.5 Å². The summed E-state index contributed by atoms with van der Waals surface area (Å²) in [4.78, 5) is 61.6. The Bertz CT molecular complexity index is 2690. The number of carbonyl (C=O) groups excluding carboxylic acids is 4. The van der Waals surface area contributed by atoms with Gasteiger partial charge < -0.3 is 5.11 Å². The molecule has 8 heteroatoms. The molecule has 7 aromatic rings. The van der Waals surface area contributed by atoms with Crippen molar-refractivity contribution in [2.45, 2.75) is 79.1 Å². The summed E-state index contributed by atoms with van der Waals surface area (Å²) in [5, 5.41) is 16.7. The Hall–Kier alpha value is -5.60. The summed E-state index contributed by atoms with van der Waals surface area (Å²) in [7, 11) is 0. The third-order valence-corrected chi connectivity index (χ3v) is 12.5. The van der Waals surface area contributed by atoms with Crippen LogP contribution >= 0.6 is 15.9 Å². The summed E-state index contributed by atoms with van der Waals surface area (Å²) < 4.78 is 0.621. The lowest BCUT2D eigenvalue weighted by Gasteiger charge is -2.34. The van der Waals surface area contributed by atoms with Crippen LogP contribution in [0.1, 0.15) is 143 Å². The number of carbonyl (C=O) groups is 4. The summed E-state index contributed by atoms with van der Waals surface area (Å²) >= 11 is 3.83. The van der Waals surface area contributed by atoms with Crippen LogP contribution in [0.2, 0.25) is 0 Å². The highest BCUT2D eigenvalue weighted by Crippen LogP contribution is 2.52. The van der Waals surface area contributed by atoms with E-state index in [9.17, 15) is 24.3 Å². The third-order valence-electron chi connectivity index (χ3n) is 11.9. The van der Waals surface area contributed by atoms with Crippen molar-refractivity contribution in [2.24, 2.45) is 0 Å². The fraction of sp³-hybridized carbons (Fsp3) is 0.250. The Morgan fingerprint density at radius 2 is 0.804 bits per heavy atom. The van der Waals surface area contributed by atoms with Gasteiger partial charge in [0.25, 0.3) is 23.6 Å². The topological polar surface area (TPSA) is 95.0 Å². The minimum absolute atomic E-state index is 0.0403. The van der Waals surface area contributed by atoms with Crippen LogP contribution in [0.3, 0.4) is 0 Å². The van der Waals surface area contributed by atoms with E-state index >= 15 is 0 Å². The van der Waals surface area contributed by atoms with E-state index in [2.05, 4.69) is 43.6 Å². The van der Waals surface area contributed by atoms with E-state index in [1.54, 1.807) is 18.2 Å². The number of benzene rings is 7. The number of para-hydroxylation sites is 2. The average Bonchev–Trinajstić information content (AvgIpc) is 3.15. The molecule has 0 radical (unpaired) electrons. The molecule has 7 aromatic carbocycles. The molecule has 0 aliphatic carbocycles. The highest BCUT2D eigenvalue weighted by molar-refractivity contribution is 9.10. The molecule has 0 bridgehead atoms. The van der Waals surface area contributed by atoms with Gasteiger partial charge in [0.2, 0.25) is 0 Å². The van der Waals surface area contributed by atoms with Gasteiger partial charge in [0.15, 0.2) is 0 Å². The fourth-order valence-electron chi connectivity index (χ4n) is 9.34. The summed E-state index contributed by atoms with van der Waals surface area (Å²) in [5.74, 6) is -1.67. The molecule has 1 N–H and O–H groups in total. The molecule has 0 saturated heterocycles. The molecular weight excluding hydrogens is 764 g/mol. The van der Waals surface area contributed by atoms with Crippen molar-refractivity contribution in [3.63, 3.8) is 0 Å².